The molecule has 96 valence electrons. The van der Waals surface area contributed by atoms with Gasteiger partial charge in [-0.3, -0.25) is 0 Å². The van der Waals surface area contributed by atoms with Crippen molar-refractivity contribution in [3.05, 3.63) is 71.5 Å². The third-order valence-corrected chi connectivity index (χ3v) is 4.09. The van der Waals surface area contributed by atoms with Gasteiger partial charge in [0.25, 0.3) is 0 Å². The molecule has 0 nitrogen and oxygen atoms in total. The first-order valence-electron chi connectivity index (χ1n) is 6.44. The molecule has 0 spiro atoms. The Balaban J connectivity index is 2.46. The second kappa shape index (κ2) is 4.19. The van der Waals surface area contributed by atoms with Gasteiger partial charge in [-0.1, -0.05) is 66.2 Å². The largest absolute Gasteiger partial charge is 0.205 e. The Kier molecular flexibility index (Phi) is 2.45. The topological polar surface area (TPSA) is 0 Å². The third kappa shape index (κ3) is 1.47. The molecule has 0 N–H and O–H groups in total. The maximum absolute atomic E-state index is 14.5. The molecule has 0 aliphatic rings. The Morgan fingerprint density at radius 3 is 1.65 bits per heavy atom. The predicted molar refractivity (Wildman–Crippen MR) is 83.9 cm³/mol. The molecule has 0 heterocycles. The minimum atomic E-state index is -0.342. The SMILES string of the molecule is Fc1c(Cl)ccc2c3ccccc3c3ccccc3c12. The molecular weight excluding hydrogens is 271 g/mol. The highest BCUT2D eigenvalue weighted by Crippen LogP contribution is 2.37. The zero-order valence-electron chi connectivity index (χ0n) is 10.5. The van der Waals surface area contributed by atoms with Gasteiger partial charge in [-0.25, -0.2) is 4.39 Å². The summed E-state index contributed by atoms with van der Waals surface area (Å²) in [6, 6.07) is 19.5. The van der Waals surface area contributed by atoms with Gasteiger partial charge < -0.3 is 0 Å². The van der Waals surface area contributed by atoms with E-state index < -0.39 is 0 Å². The van der Waals surface area contributed by atoms with E-state index in [9.17, 15) is 4.39 Å². The highest BCUT2D eigenvalue weighted by molar-refractivity contribution is 6.33. The lowest BCUT2D eigenvalue weighted by Crippen LogP contribution is -1.87. The van der Waals surface area contributed by atoms with Crippen molar-refractivity contribution in [1.29, 1.82) is 0 Å². The van der Waals surface area contributed by atoms with Crippen molar-refractivity contribution < 1.29 is 4.39 Å². The van der Waals surface area contributed by atoms with Crippen molar-refractivity contribution in [1.82, 2.24) is 0 Å². The van der Waals surface area contributed by atoms with Gasteiger partial charge in [-0.15, -0.1) is 0 Å². The van der Waals surface area contributed by atoms with Gasteiger partial charge >= 0.3 is 0 Å². The number of halogens is 2. The molecule has 0 atom stereocenters. The van der Waals surface area contributed by atoms with Gasteiger partial charge in [0.05, 0.1) is 5.02 Å². The molecule has 0 bridgehead atoms. The van der Waals surface area contributed by atoms with Crippen LogP contribution in [0.1, 0.15) is 0 Å². The van der Waals surface area contributed by atoms with Gasteiger partial charge in [-0.2, -0.15) is 0 Å². The first kappa shape index (κ1) is 11.7. The van der Waals surface area contributed by atoms with Gasteiger partial charge in [0.2, 0.25) is 0 Å². The fourth-order valence-electron chi connectivity index (χ4n) is 2.93. The van der Waals surface area contributed by atoms with Crippen molar-refractivity contribution >= 4 is 43.9 Å². The minimum Gasteiger partial charge on any atom is -0.205 e. The molecular formula is C18H10ClF. The molecule has 0 aromatic heterocycles. The van der Waals surface area contributed by atoms with Gasteiger partial charge in [0.15, 0.2) is 0 Å². The van der Waals surface area contributed by atoms with Crippen LogP contribution in [0.3, 0.4) is 0 Å². The number of rotatable bonds is 0. The van der Waals surface area contributed by atoms with Crippen molar-refractivity contribution in [2.24, 2.45) is 0 Å². The summed E-state index contributed by atoms with van der Waals surface area (Å²) in [5.41, 5.74) is 0. The van der Waals surface area contributed by atoms with Crippen molar-refractivity contribution in [3.63, 3.8) is 0 Å². The maximum atomic E-state index is 14.5. The van der Waals surface area contributed by atoms with Crippen molar-refractivity contribution in [2.45, 2.75) is 0 Å². The van der Waals surface area contributed by atoms with Crippen LogP contribution in [-0.2, 0) is 0 Å². The summed E-state index contributed by atoms with van der Waals surface area (Å²) in [6.45, 7) is 0. The van der Waals surface area contributed by atoms with Gasteiger partial charge in [-0.05, 0) is 33.0 Å². The average Bonchev–Trinajstić information content (AvgIpc) is 2.50. The first-order valence-corrected chi connectivity index (χ1v) is 6.82. The second-order valence-electron chi connectivity index (χ2n) is 4.88. The third-order valence-electron chi connectivity index (χ3n) is 3.80. The summed E-state index contributed by atoms with van der Waals surface area (Å²) in [7, 11) is 0. The molecule has 4 aromatic carbocycles. The molecule has 0 fully saturated rings. The smallest absolute Gasteiger partial charge is 0.150 e. The fraction of sp³-hybridized carbons (Fsp3) is 0. The normalized spacial score (nSPS) is 11.5. The van der Waals surface area contributed by atoms with Crippen LogP contribution >= 0.6 is 11.6 Å². The monoisotopic (exact) mass is 280 g/mol. The van der Waals surface area contributed by atoms with E-state index >= 15 is 0 Å². The molecule has 0 amide bonds. The molecule has 0 saturated heterocycles. The summed E-state index contributed by atoms with van der Waals surface area (Å²) in [5.74, 6) is -0.342. The van der Waals surface area contributed by atoms with Crippen molar-refractivity contribution in [3.8, 4) is 0 Å². The molecule has 0 saturated carbocycles. The van der Waals surface area contributed by atoms with E-state index in [-0.39, 0.29) is 10.8 Å². The van der Waals surface area contributed by atoms with Crippen molar-refractivity contribution in [2.75, 3.05) is 0 Å². The minimum absolute atomic E-state index is 0.165. The van der Waals surface area contributed by atoms with Gasteiger partial charge in [0.1, 0.15) is 5.82 Å². The molecule has 4 rings (SSSR count). The summed E-state index contributed by atoms with van der Waals surface area (Å²) in [5, 5.41) is 5.82. The summed E-state index contributed by atoms with van der Waals surface area (Å²) < 4.78 is 14.5. The Hall–Kier alpha value is -2.12. The molecule has 20 heavy (non-hydrogen) atoms. The van der Waals surface area contributed by atoms with Crippen LogP contribution in [0.25, 0.3) is 32.3 Å². The second-order valence-corrected chi connectivity index (χ2v) is 5.28. The summed E-state index contributed by atoms with van der Waals surface area (Å²) in [6.07, 6.45) is 0. The van der Waals surface area contributed by atoms with Crippen LogP contribution in [0.4, 0.5) is 4.39 Å². The van der Waals surface area contributed by atoms with Crippen LogP contribution in [0.15, 0.2) is 60.7 Å². The lowest BCUT2D eigenvalue weighted by atomic mass is 9.94. The zero-order chi connectivity index (χ0) is 13.7. The van der Waals surface area contributed by atoms with E-state index in [2.05, 4.69) is 6.07 Å². The fourth-order valence-corrected chi connectivity index (χ4v) is 3.08. The average molecular weight is 281 g/mol. The van der Waals surface area contributed by atoms with E-state index in [1.807, 2.05) is 48.5 Å². The molecule has 0 aliphatic heterocycles. The number of benzene rings is 4. The van der Waals surface area contributed by atoms with Gasteiger partial charge in [0, 0.05) is 5.39 Å². The van der Waals surface area contributed by atoms with Crippen LogP contribution in [0.2, 0.25) is 5.02 Å². The molecule has 2 heteroatoms. The summed E-state index contributed by atoms with van der Waals surface area (Å²) >= 11 is 5.96. The highest BCUT2D eigenvalue weighted by atomic mass is 35.5. The maximum Gasteiger partial charge on any atom is 0.150 e. The predicted octanol–water partition coefficient (Wildman–Crippen LogP) is 5.94. The Morgan fingerprint density at radius 2 is 1.05 bits per heavy atom. The Bertz CT molecular complexity index is 938. The molecule has 0 aliphatic carbocycles. The Labute approximate surface area is 120 Å². The van der Waals surface area contributed by atoms with Crippen LogP contribution in [0.5, 0.6) is 0 Å². The van der Waals surface area contributed by atoms with E-state index in [1.165, 1.54) is 0 Å². The first-order chi connectivity index (χ1) is 9.77. The lowest BCUT2D eigenvalue weighted by Gasteiger charge is -2.11. The highest BCUT2D eigenvalue weighted by Gasteiger charge is 2.13. The molecule has 0 radical (unpaired) electrons. The number of fused-ring (bicyclic) bond motifs is 6. The number of hydrogen-bond acceptors (Lipinski definition) is 0. The van der Waals surface area contributed by atoms with E-state index in [0.29, 0.717) is 5.39 Å². The molecule has 4 aromatic rings. The van der Waals surface area contributed by atoms with Crippen LogP contribution in [-0.4, -0.2) is 0 Å². The van der Waals surface area contributed by atoms with E-state index in [1.54, 1.807) is 6.07 Å². The standard InChI is InChI=1S/C18H10ClF/c19-16-10-9-15-13-7-2-1-5-11(13)12-6-3-4-8-14(12)17(15)18(16)20/h1-10H. The lowest BCUT2D eigenvalue weighted by molar-refractivity contribution is 0.641. The molecule has 0 unspecified atom stereocenters. The van der Waals surface area contributed by atoms with Crippen LogP contribution in [0, 0.1) is 5.82 Å². The summed E-state index contributed by atoms with van der Waals surface area (Å²) in [4.78, 5) is 0. The number of hydrogen-bond donors (Lipinski definition) is 0. The quantitative estimate of drug-likeness (QED) is 0.350. The van der Waals surface area contributed by atoms with Crippen LogP contribution < -0.4 is 0 Å². The van der Waals surface area contributed by atoms with E-state index in [0.717, 1.165) is 26.9 Å². The zero-order valence-corrected chi connectivity index (χ0v) is 11.3. The van der Waals surface area contributed by atoms with E-state index in [4.69, 9.17) is 11.6 Å². The Morgan fingerprint density at radius 1 is 0.600 bits per heavy atom.